The van der Waals surface area contributed by atoms with Crippen LogP contribution in [-0.4, -0.2) is 5.11 Å². The van der Waals surface area contributed by atoms with Crippen LogP contribution in [0.25, 0.3) is 0 Å². The second-order valence-corrected chi connectivity index (χ2v) is 6.50. The fourth-order valence-corrected chi connectivity index (χ4v) is 3.12. The molecule has 0 spiro atoms. The summed E-state index contributed by atoms with van der Waals surface area (Å²) in [5, 5.41) is 11.0. The summed E-state index contributed by atoms with van der Waals surface area (Å²) >= 11 is 8.29. The smallest absolute Gasteiger partial charge is 0.0793 e. The summed E-state index contributed by atoms with van der Waals surface area (Å²) in [5.41, 5.74) is 0.959. The predicted molar refractivity (Wildman–Crippen MR) is 80.3 cm³/mol. The van der Waals surface area contributed by atoms with Crippen LogP contribution in [0.5, 0.6) is 0 Å². The minimum absolute atomic E-state index is 0.354. The molecule has 1 aromatic carbocycles. The number of hydrogen-bond donors (Lipinski definition) is 1. The van der Waals surface area contributed by atoms with E-state index in [1.54, 1.807) is 0 Å². The van der Waals surface area contributed by atoms with Gasteiger partial charge in [-0.1, -0.05) is 49.8 Å². The molecule has 17 heavy (non-hydrogen) atoms. The lowest BCUT2D eigenvalue weighted by atomic mass is 9.84. The minimum Gasteiger partial charge on any atom is -0.388 e. The van der Waals surface area contributed by atoms with Crippen LogP contribution in [0.4, 0.5) is 0 Å². The highest BCUT2D eigenvalue weighted by atomic mass is 127. The first kappa shape index (κ1) is 13.6. The summed E-state index contributed by atoms with van der Waals surface area (Å²) in [4.78, 5) is 0. The average Bonchev–Trinajstić information content (AvgIpc) is 2.34. The van der Waals surface area contributed by atoms with Crippen LogP contribution in [0, 0.1) is 9.49 Å². The molecule has 1 atom stereocenters. The molecule has 0 radical (unpaired) electrons. The van der Waals surface area contributed by atoms with Crippen molar-refractivity contribution >= 4 is 34.2 Å². The Morgan fingerprint density at radius 1 is 1.29 bits per heavy atom. The van der Waals surface area contributed by atoms with Gasteiger partial charge in [0.05, 0.1) is 11.1 Å². The summed E-state index contributed by atoms with van der Waals surface area (Å²) in [6.45, 7) is 0. The number of aliphatic hydroxyl groups excluding tert-OH is 1. The van der Waals surface area contributed by atoms with E-state index in [1.807, 2.05) is 18.2 Å². The van der Waals surface area contributed by atoms with Gasteiger partial charge in [0, 0.05) is 3.57 Å². The fraction of sp³-hybridized carbons (Fsp3) is 0.571. The molecule has 0 amide bonds. The zero-order valence-electron chi connectivity index (χ0n) is 9.83. The van der Waals surface area contributed by atoms with Crippen LogP contribution in [0.3, 0.4) is 0 Å². The Hall–Kier alpha value is 0.200. The van der Waals surface area contributed by atoms with Crippen molar-refractivity contribution in [3.8, 4) is 0 Å². The molecule has 0 aliphatic heterocycles. The molecular weight excluding hydrogens is 347 g/mol. The van der Waals surface area contributed by atoms with Crippen molar-refractivity contribution in [2.24, 2.45) is 5.92 Å². The summed E-state index contributed by atoms with van der Waals surface area (Å²) in [6.07, 6.45) is 7.09. The third kappa shape index (κ3) is 3.83. The van der Waals surface area contributed by atoms with Gasteiger partial charge in [-0.05, 0) is 52.6 Å². The van der Waals surface area contributed by atoms with Crippen LogP contribution in [0.2, 0.25) is 5.02 Å². The van der Waals surface area contributed by atoms with E-state index in [0.29, 0.717) is 5.92 Å². The van der Waals surface area contributed by atoms with Gasteiger partial charge in [-0.2, -0.15) is 0 Å². The van der Waals surface area contributed by atoms with E-state index in [9.17, 15) is 5.11 Å². The van der Waals surface area contributed by atoms with Crippen molar-refractivity contribution in [1.82, 2.24) is 0 Å². The van der Waals surface area contributed by atoms with Crippen molar-refractivity contribution in [3.63, 3.8) is 0 Å². The maximum atomic E-state index is 10.2. The molecule has 1 aliphatic carbocycles. The van der Waals surface area contributed by atoms with Crippen molar-refractivity contribution in [1.29, 1.82) is 0 Å². The van der Waals surface area contributed by atoms with E-state index < -0.39 is 0 Å². The van der Waals surface area contributed by atoms with E-state index >= 15 is 0 Å². The second-order valence-electron chi connectivity index (χ2n) is 4.93. The zero-order valence-corrected chi connectivity index (χ0v) is 12.7. The molecule has 1 aliphatic rings. The first-order chi connectivity index (χ1) is 8.16. The monoisotopic (exact) mass is 364 g/mol. The number of hydrogen-bond acceptors (Lipinski definition) is 1. The number of benzene rings is 1. The van der Waals surface area contributed by atoms with Crippen molar-refractivity contribution in [3.05, 3.63) is 32.4 Å². The van der Waals surface area contributed by atoms with Crippen LogP contribution in [0.15, 0.2) is 18.2 Å². The second kappa shape index (κ2) is 6.39. The number of rotatable bonds is 3. The summed E-state index contributed by atoms with van der Waals surface area (Å²) in [5.74, 6) is 0.691. The highest BCUT2D eigenvalue weighted by Crippen LogP contribution is 2.33. The predicted octanol–water partition coefficient (Wildman–Crippen LogP) is 4.95. The summed E-state index contributed by atoms with van der Waals surface area (Å²) in [7, 11) is 0. The lowest BCUT2D eigenvalue weighted by Crippen LogP contribution is -2.11. The van der Waals surface area contributed by atoms with E-state index in [1.165, 1.54) is 32.1 Å². The average molecular weight is 365 g/mol. The van der Waals surface area contributed by atoms with Crippen LogP contribution in [0.1, 0.15) is 50.2 Å². The highest BCUT2D eigenvalue weighted by molar-refractivity contribution is 14.1. The molecule has 0 aromatic heterocycles. The molecule has 2 rings (SSSR count). The molecule has 1 unspecified atom stereocenters. The van der Waals surface area contributed by atoms with Crippen LogP contribution < -0.4 is 0 Å². The van der Waals surface area contributed by atoms with Gasteiger partial charge < -0.3 is 5.11 Å². The maximum absolute atomic E-state index is 10.2. The van der Waals surface area contributed by atoms with Crippen LogP contribution in [-0.2, 0) is 0 Å². The SMILES string of the molecule is OC(CC1CCCCC1)c1ccc(I)c(Cl)c1. The van der Waals surface area contributed by atoms with Gasteiger partial charge in [-0.3, -0.25) is 0 Å². The summed E-state index contributed by atoms with van der Waals surface area (Å²) in [6, 6.07) is 5.86. The molecule has 0 bridgehead atoms. The highest BCUT2D eigenvalue weighted by Gasteiger charge is 2.18. The quantitative estimate of drug-likeness (QED) is 0.753. The lowest BCUT2D eigenvalue weighted by Gasteiger charge is -2.24. The Balaban J connectivity index is 1.98. The van der Waals surface area contributed by atoms with E-state index in [2.05, 4.69) is 22.6 Å². The normalized spacial score (nSPS) is 19.2. The number of halogens is 2. The molecule has 1 nitrogen and oxygen atoms in total. The Kier molecular flexibility index (Phi) is 5.12. The lowest BCUT2D eigenvalue weighted by molar-refractivity contribution is 0.131. The zero-order chi connectivity index (χ0) is 12.3. The molecule has 0 saturated heterocycles. The van der Waals surface area contributed by atoms with E-state index in [-0.39, 0.29) is 6.10 Å². The molecule has 1 fully saturated rings. The van der Waals surface area contributed by atoms with Crippen LogP contribution >= 0.6 is 34.2 Å². The van der Waals surface area contributed by atoms with Crippen molar-refractivity contribution in [2.45, 2.75) is 44.6 Å². The van der Waals surface area contributed by atoms with Gasteiger partial charge in [0.15, 0.2) is 0 Å². The standard InChI is InChI=1S/C14H18ClIO/c15-12-9-11(6-7-13(12)16)14(17)8-10-4-2-1-3-5-10/h6-7,9-10,14,17H,1-5,8H2. The van der Waals surface area contributed by atoms with E-state index in [0.717, 1.165) is 20.6 Å². The third-order valence-corrected chi connectivity index (χ3v) is 5.18. The topological polar surface area (TPSA) is 20.2 Å². The molecule has 94 valence electrons. The minimum atomic E-state index is -0.354. The Morgan fingerprint density at radius 2 is 2.00 bits per heavy atom. The molecule has 0 heterocycles. The van der Waals surface area contributed by atoms with Gasteiger partial charge in [0.25, 0.3) is 0 Å². The molecular formula is C14H18ClIO. The third-order valence-electron chi connectivity index (χ3n) is 3.61. The first-order valence-electron chi connectivity index (χ1n) is 6.30. The van der Waals surface area contributed by atoms with Crippen molar-refractivity contribution in [2.75, 3.05) is 0 Å². The summed E-state index contributed by atoms with van der Waals surface area (Å²) < 4.78 is 1.04. The Morgan fingerprint density at radius 3 is 2.65 bits per heavy atom. The van der Waals surface area contributed by atoms with E-state index in [4.69, 9.17) is 11.6 Å². The van der Waals surface area contributed by atoms with Crippen molar-refractivity contribution < 1.29 is 5.11 Å². The molecule has 1 saturated carbocycles. The van der Waals surface area contributed by atoms with Gasteiger partial charge in [0.1, 0.15) is 0 Å². The maximum Gasteiger partial charge on any atom is 0.0793 e. The van der Waals surface area contributed by atoms with Gasteiger partial charge in [-0.25, -0.2) is 0 Å². The van der Waals surface area contributed by atoms with Gasteiger partial charge in [-0.15, -0.1) is 0 Å². The molecule has 3 heteroatoms. The van der Waals surface area contributed by atoms with Gasteiger partial charge in [0.2, 0.25) is 0 Å². The Bertz CT molecular complexity index is 374. The Labute approximate surface area is 122 Å². The fourth-order valence-electron chi connectivity index (χ4n) is 2.59. The molecule has 1 N–H and O–H groups in total. The number of aliphatic hydroxyl groups is 1. The largest absolute Gasteiger partial charge is 0.388 e. The first-order valence-corrected chi connectivity index (χ1v) is 7.75. The molecule has 1 aromatic rings. The van der Waals surface area contributed by atoms with Gasteiger partial charge >= 0.3 is 0 Å².